The van der Waals surface area contributed by atoms with E-state index in [1.165, 1.54) is 14.7 Å². The lowest BCUT2D eigenvalue weighted by Gasteiger charge is -2.18. The minimum absolute atomic E-state index is 0.0130. The van der Waals surface area contributed by atoms with Gasteiger partial charge in [-0.2, -0.15) is 5.10 Å². The molecule has 1 unspecified atom stereocenters. The first kappa shape index (κ1) is 26.6. The predicted molar refractivity (Wildman–Crippen MR) is 142 cm³/mol. The Bertz CT molecular complexity index is 1490. The Kier molecular flexibility index (Phi) is 8.09. The van der Waals surface area contributed by atoms with Crippen LogP contribution < -0.4 is 11.2 Å². The zero-order valence-corrected chi connectivity index (χ0v) is 22.5. The average Bonchev–Trinajstić information content (AvgIpc) is 3.45. The Morgan fingerprint density at radius 1 is 1.05 bits per heavy atom. The van der Waals surface area contributed by atoms with Crippen LogP contribution in [0, 0.1) is 6.92 Å². The van der Waals surface area contributed by atoms with E-state index >= 15 is 0 Å². The summed E-state index contributed by atoms with van der Waals surface area (Å²) in [6.07, 6.45) is 3.77. The zero-order chi connectivity index (χ0) is 26.7. The molecule has 0 spiro atoms. The van der Waals surface area contributed by atoms with Gasteiger partial charge >= 0.3 is 5.69 Å². The smallest absolute Gasteiger partial charge is 0.332 e. The van der Waals surface area contributed by atoms with Gasteiger partial charge in [0, 0.05) is 19.3 Å². The largest absolute Gasteiger partial charge is 0.350 e. The van der Waals surface area contributed by atoms with Gasteiger partial charge in [0.05, 0.1) is 24.4 Å². The molecule has 0 fully saturated rings. The van der Waals surface area contributed by atoms with Crippen molar-refractivity contribution in [3.05, 3.63) is 68.6 Å². The maximum atomic E-state index is 13.6. The van der Waals surface area contributed by atoms with Crippen LogP contribution in [0.2, 0.25) is 0 Å². The number of benzene rings is 1. The molecule has 0 N–H and O–H groups in total. The summed E-state index contributed by atoms with van der Waals surface area (Å²) in [5.41, 5.74) is 2.97. The summed E-state index contributed by atoms with van der Waals surface area (Å²) >= 11 is 0. The van der Waals surface area contributed by atoms with Gasteiger partial charge in [-0.15, -0.1) is 0 Å². The van der Waals surface area contributed by atoms with E-state index in [-0.39, 0.29) is 24.1 Å². The second-order valence-electron chi connectivity index (χ2n) is 9.48. The molecule has 198 valence electrons. The van der Waals surface area contributed by atoms with E-state index in [1.54, 1.807) is 10.8 Å². The molecule has 0 radical (unpaired) electrons. The zero-order valence-electron chi connectivity index (χ0n) is 22.5. The van der Waals surface area contributed by atoms with Crippen molar-refractivity contribution in [2.75, 3.05) is 0 Å². The Labute approximate surface area is 216 Å². The van der Waals surface area contributed by atoms with Gasteiger partial charge in [-0.1, -0.05) is 36.8 Å². The second-order valence-corrected chi connectivity index (χ2v) is 9.48. The maximum absolute atomic E-state index is 13.6. The average molecular weight is 509 g/mol. The number of hydrogen-bond donors (Lipinski definition) is 0. The summed E-state index contributed by atoms with van der Waals surface area (Å²) in [5.74, 6) is 0.509. The molecule has 37 heavy (non-hydrogen) atoms. The van der Waals surface area contributed by atoms with E-state index in [9.17, 15) is 9.59 Å². The van der Waals surface area contributed by atoms with Crippen LogP contribution in [0.15, 0.2) is 46.2 Å². The molecule has 3 aromatic heterocycles. The second kappa shape index (κ2) is 11.3. The lowest BCUT2D eigenvalue weighted by atomic mass is 10.1. The summed E-state index contributed by atoms with van der Waals surface area (Å²) in [6, 6.07) is 8.26. The fourth-order valence-electron chi connectivity index (χ4n) is 4.51. The minimum Gasteiger partial charge on any atom is -0.350 e. The van der Waals surface area contributed by atoms with Gasteiger partial charge in [-0.25, -0.2) is 9.78 Å². The number of nitrogens with zero attached hydrogens (tertiary/aromatic N) is 6. The fourth-order valence-corrected chi connectivity index (χ4v) is 4.51. The Morgan fingerprint density at radius 3 is 2.51 bits per heavy atom. The number of rotatable bonds is 11. The van der Waals surface area contributed by atoms with Gasteiger partial charge in [-0.05, 0) is 46.6 Å². The highest BCUT2D eigenvalue weighted by atomic mass is 16.7. The minimum atomic E-state index is -0.496. The molecular formula is C27H36N6O4. The first-order chi connectivity index (χ1) is 17.7. The standard InChI is InChI=1S/C27H36N6O4/c1-7-12-32-26(34)23-25(31(8-2)27(32)35)29-24(33(23)17-36-20(6)37-18(3)4)22-14-28-30(16-22)15-21-11-9-10-19(5)13-21/h9-11,13-14,16,18,20H,7-8,12,15,17H2,1-6H3. The van der Waals surface area contributed by atoms with Crippen LogP contribution in [-0.2, 0) is 35.8 Å². The number of ether oxygens (including phenoxy) is 2. The van der Waals surface area contributed by atoms with Crippen LogP contribution >= 0.6 is 0 Å². The van der Waals surface area contributed by atoms with Crippen LogP contribution in [0.5, 0.6) is 0 Å². The summed E-state index contributed by atoms with van der Waals surface area (Å²) in [4.78, 5) is 31.5. The summed E-state index contributed by atoms with van der Waals surface area (Å²) in [6.45, 7) is 12.9. The van der Waals surface area contributed by atoms with Crippen molar-refractivity contribution >= 4 is 11.2 Å². The monoisotopic (exact) mass is 508 g/mol. The van der Waals surface area contributed by atoms with Crippen LogP contribution in [0.4, 0.5) is 0 Å². The van der Waals surface area contributed by atoms with Gasteiger partial charge in [0.25, 0.3) is 5.56 Å². The topological polar surface area (TPSA) is 98.1 Å². The van der Waals surface area contributed by atoms with Gasteiger partial charge in [0.2, 0.25) is 0 Å². The normalized spacial score (nSPS) is 12.6. The van der Waals surface area contributed by atoms with Gasteiger partial charge in [0.1, 0.15) is 12.6 Å². The van der Waals surface area contributed by atoms with E-state index in [0.717, 1.165) is 11.1 Å². The molecule has 4 aromatic rings. The fraction of sp³-hybridized carbons (Fsp3) is 0.481. The Hall–Kier alpha value is -3.50. The highest BCUT2D eigenvalue weighted by Gasteiger charge is 2.23. The van der Waals surface area contributed by atoms with Crippen molar-refractivity contribution in [1.29, 1.82) is 0 Å². The van der Waals surface area contributed by atoms with E-state index in [1.807, 2.05) is 51.6 Å². The number of aromatic nitrogens is 6. The van der Waals surface area contributed by atoms with Gasteiger partial charge in [-0.3, -0.25) is 23.2 Å². The molecule has 0 saturated carbocycles. The molecule has 1 aromatic carbocycles. The van der Waals surface area contributed by atoms with Crippen molar-refractivity contribution in [2.45, 2.75) is 86.7 Å². The van der Waals surface area contributed by atoms with Crippen LogP contribution in [0.3, 0.4) is 0 Å². The summed E-state index contributed by atoms with van der Waals surface area (Å²) in [7, 11) is 0. The summed E-state index contributed by atoms with van der Waals surface area (Å²) < 4.78 is 18.1. The molecule has 3 heterocycles. The first-order valence-electron chi connectivity index (χ1n) is 12.8. The third-order valence-electron chi connectivity index (χ3n) is 6.10. The molecule has 0 aliphatic heterocycles. The molecule has 10 heteroatoms. The van der Waals surface area contributed by atoms with E-state index in [2.05, 4.69) is 30.2 Å². The predicted octanol–water partition coefficient (Wildman–Crippen LogP) is 3.75. The van der Waals surface area contributed by atoms with Gasteiger partial charge < -0.3 is 9.47 Å². The third-order valence-corrected chi connectivity index (χ3v) is 6.10. The number of hydrogen-bond acceptors (Lipinski definition) is 6. The SMILES string of the molecule is CCCn1c(=O)c2c(nc(-c3cnn(Cc4cccc(C)c4)c3)n2COC(C)OC(C)C)n(CC)c1=O. The Balaban J connectivity index is 1.84. The van der Waals surface area contributed by atoms with Crippen molar-refractivity contribution < 1.29 is 9.47 Å². The van der Waals surface area contributed by atoms with E-state index < -0.39 is 6.29 Å². The highest BCUT2D eigenvalue weighted by molar-refractivity contribution is 5.76. The van der Waals surface area contributed by atoms with Crippen LogP contribution in [0.25, 0.3) is 22.6 Å². The molecule has 0 bridgehead atoms. The van der Waals surface area contributed by atoms with E-state index in [4.69, 9.17) is 14.5 Å². The van der Waals surface area contributed by atoms with Crippen molar-refractivity contribution in [1.82, 2.24) is 28.5 Å². The number of aryl methyl sites for hydroxylation is 2. The van der Waals surface area contributed by atoms with Gasteiger partial charge in [0.15, 0.2) is 17.5 Å². The molecule has 4 rings (SSSR count). The molecule has 0 aliphatic carbocycles. The summed E-state index contributed by atoms with van der Waals surface area (Å²) in [5, 5.41) is 4.54. The molecule has 0 saturated heterocycles. The Morgan fingerprint density at radius 2 is 1.84 bits per heavy atom. The number of imidazole rings is 1. The molecule has 0 aliphatic rings. The lowest BCUT2D eigenvalue weighted by molar-refractivity contribution is -0.169. The van der Waals surface area contributed by atoms with E-state index in [0.29, 0.717) is 43.0 Å². The van der Waals surface area contributed by atoms with Crippen molar-refractivity contribution in [2.24, 2.45) is 0 Å². The first-order valence-corrected chi connectivity index (χ1v) is 12.8. The highest BCUT2D eigenvalue weighted by Crippen LogP contribution is 2.23. The number of fused-ring (bicyclic) bond motifs is 1. The lowest BCUT2D eigenvalue weighted by Crippen LogP contribution is -2.40. The maximum Gasteiger partial charge on any atom is 0.332 e. The molecule has 1 atom stereocenters. The third kappa shape index (κ3) is 5.60. The molecule has 0 amide bonds. The van der Waals surface area contributed by atoms with Crippen molar-refractivity contribution in [3.8, 4) is 11.4 Å². The molecular weight excluding hydrogens is 472 g/mol. The van der Waals surface area contributed by atoms with Crippen LogP contribution in [-0.4, -0.2) is 40.9 Å². The van der Waals surface area contributed by atoms with Crippen LogP contribution in [0.1, 0.15) is 52.2 Å². The van der Waals surface area contributed by atoms with Crippen molar-refractivity contribution in [3.63, 3.8) is 0 Å². The quantitative estimate of drug-likeness (QED) is 0.286. The molecule has 10 nitrogen and oxygen atoms in total.